The molecule has 24 heavy (non-hydrogen) atoms. The Morgan fingerprint density at radius 1 is 1.29 bits per heavy atom. The second-order valence-corrected chi connectivity index (χ2v) is 8.19. The number of rotatable bonds is 7. The van der Waals surface area contributed by atoms with Crippen LogP contribution < -0.4 is 10.5 Å². The van der Waals surface area contributed by atoms with E-state index in [1.165, 1.54) is 23.5 Å². The van der Waals surface area contributed by atoms with Gasteiger partial charge in [0.25, 0.3) is 0 Å². The van der Waals surface area contributed by atoms with E-state index >= 15 is 0 Å². The summed E-state index contributed by atoms with van der Waals surface area (Å²) in [4.78, 5) is 17.3. The molecular weight excluding hydrogens is 346 g/mol. The van der Waals surface area contributed by atoms with Gasteiger partial charge in [-0.15, -0.1) is 11.3 Å². The van der Waals surface area contributed by atoms with E-state index in [0.29, 0.717) is 18.0 Å². The highest BCUT2D eigenvalue weighted by Crippen LogP contribution is 2.25. The predicted molar refractivity (Wildman–Crippen MR) is 95.6 cm³/mol. The van der Waals surface area contributed by atoms with Gasteiger partial charge in [0, 0.05) is 17.7 Å². The van der Waals surface area contributed by atoms with Gasteiger partial charge < -0.3 is 5.32 Å². The lowest BCUT2D eigenvalue weighted by molar-refractivity contribution is -0.116. The van der Waals surface area contributed by atoms with Gasteiger partial charge in [0.1, 0.15) is 0 Å². The molecule has 0 radical (unpaired) electrons. The summed E-state index contributed by atoms with van der Waals surface area (Å²) in [5.74, 6) is -0.0188. The molecule has 2 aromatic rings. The highest BCUT2D eigenvalue weighted by atomic mass is 32.2. The van der Waals surface area contributed by atoms with Crippen molar-refractivity contribution in [1.29, 1.82) is 0 Å². The van der Waals surface area contributed by atoms with Gasteiger partial charge in [-0.1, -0.05) is 25.5 Å². The number of nitrogens with zero attached hydrogens (tertiary/aromatic N) is 1. The standard InChI is InChI=1S/C16H21N3O3S2/c1-3-4-5-15(20)19-16-18-11(2)14(23-16)10-12-6-8-13(9-7-12)24(17,21)22/h6-9H,3-5,10H2,1-2H3,(H2,17,21,22)(H,18,19,20). The molecule has 1 amide bonds. The second-order valence-electron chi connectivity index (χ2n) is 5.55. The zero-order valence-electron chi connectivity index (χ0n) is 13.7. The third-order valence-electron chi connectivity index (χ3n) is 3.51. The Morgan fingerprint density at radius 3 is 2.54 bits per heavy atom. The number of sulfonamides is 1. The fourth-order valence-corrected chi connectivity index (χ4v) is 3.68. The van der Waals surface area contributed by atoms with Crippen molar-refractivity contribution < 1.29 is 13.2 Å². The van der Waals surface area contributed by atoms with Crippen molar-refractivity contribution in [3.63, 3.8) is 0 Å². The summed E-state index contributed by atoms with van der Waals surface area (Å²) in [7, 11) is -3.67. The molecule has 3 N–H and O–H groups in total. The van der Waals surface area contributed by atoms with Crippen LogP contribution in [0.1, 0.15) is 42.3 Å². The van der Waals surface area contributed by atoms with Crippen LogP contribution in [0.2, 0.25) is 0 Å². The van der Waals surface area contributed by atoms with E-state index in [0.717, 1.165) is 29.0 Å². The van der Waals surface area contributed by atoms with E-state index in [1.807, 2.05) is 13.8 Å². The van der Waals surface area contributed by atoms with Gasteiger partial charge in [0.05, 0.1) is 10.6 Å². The topological polar surface area (TPSA) is 102 Å². The number of primary sulfonamides is 1. The van der Waals surface area contributed by atoms with Crippen LogP contribution in [-0.2, 0) is 21.2 Å². The number of nitrogens with two attached hydrogens (primary N) is 1. The van der Waals surface area contributed by atoms with Gasteiger partial charge in [-0.05, 0) is 31.0 Å². The van der Waals surface area contributed by atoms with Gasteiger partial charge >= 0.3 is 0 Å². The molecule has 130 valence electrons. The Labute approximate surface area is 146 Å². The first-order chi connectivity index (χ1) is 11.3. The highest BCUT2D eigenvalue weighted by Gasteiger charge is 2.12. The Hall–Kier alpha value is -1.77. The molecule has 1 aromatic carbocycles. The minimum Gasteiger partial charge on any atom is -0.302 e. The quantitative estimate of drug-likeness (QED) is 0.785. The van der Waals surface area contributed by atoms with E-state index in [-0.39, 0.29) is 10.8 Å². The number of hydrogen-bond acceptors (Lipinski definition) is 5. The maximum atomic E-state index is 11.8. The summed E-state index contributed by atoms with van der Waals surface area (Å²) in [5.41, 5.74) is 1.82. The van der Waals surface area contributed by atoms with Gasteiger partial charge in [0.15, 0.2) is 5.13 Å². The fraction of sp³-hybridized carbons (Fsp3) is 0.375. The molecular formula is C16H21N3O3S2. The van der Waals surface area contributed by atoms with Crippen molar-refractivity contribution in [3.8, 4) is 0 Å². The van der Waals surface area contributed by atoms with Gasteiger partial charge in [0.2, 0.25) is 15.9 Å². The minimum absolute atomic E-state index is 0.0188. The number of benzene rings is 1. The average molecular weight is 367 g/mol. The smallest absolute Gasteiger partial charge is 0.238 e. The van der Waals surface area contributed by atoms with E-state index in [4.69, 9.17) is 5.14 Å². The summed E-state index contributed by atoms with van der Waals surface area (Å²) in [6.45, 7) is 3.94. The number of carbonyl (C=O) groups is 1. The molecule has 0 atom stereocenters. The monoisotopic (exact) mass is 367 g/mol. The van der Waals surface area contributed by atoms with Gasteiger partial charge in [-0.25, -0.2) is 18.5 Å². The predicted octanol–water partition coefficient (Wildman–Crippen LogP) is 2.82. The Balaban J connectivity index is 2.06. The van der Waals surface area contributed by atoms with Crippen LogP contribution in [0, 0.1) is 6.92 Å². The molecule has 0 fully saturated rings. The minimum atomic E-state index is -3.67. The van der Waals surface area contributed by atoms with Crippen LogP contribution in [-0.4, -0.2) is 19.3 Å². The fourth-order valence-electron chi connectivity index (χ4n) is 2.15. The summed E-state index contributed by atoms with van der Waals surface area (Å²) in [5, 5.41) is 8.52. The summed E-state index contributed by atoms with van der Waals surface area (Å²) in [6, 6.07) is 6.46. The van der Waals surface area contributed by atoms with Gasteiger partial charge in [-0.3, -0.25) is 4.79 Å². The highest BCUT2D eigenvalue weighted by molar-refractivity contribution is 7.89. The van der Waals surface area contributed by atoms with Crippen LogP contribution in [0.25, 0.3) is 0 Å². The summed E-state index contributed by atoms with van der Waals surface area (Å²) in [6.07, 6.45) is 2.96. The van der Waals surface area contributed by atoms with Crippen molar-refractivity contribution in [1.82, 2.24) is 4.98 Å². The number of unbranched alkanes of at least 4 members (excludes halogenated alkanes) is 1. The molecule has 0 spiro atoms. The van der Waals surface area contributed by atoms with E-state index in [9.17, 15) is 13.2 Å². The molecule has 1 aromatic heterocycles. The lowest BCUT2D eigenvalue weighted by Gasteiger charge is -2.02. The first kappa shape index (κ1) is 18.6. The Kier molecular flexibility index (Phi) is 6.09. The lowest BCUT2D eigenvalue weighted by Crippen LogP contribution is -2.11. The van der Waals surface area contributed by atoms with Crippen LogP contribution in [0.4, 0.5) is 5.13 Å². The molecule has 0 aliphatic carbocycles. The van der Waals surface area contributed by atoms with Crippen molar-refractivity contribution >= 4 is 32.4 Å². The molecule has 6 nitrogen and oxygen atoms in total. The molecule has 0 saturated heterocycles. The number of nitrogens with one attached hydrogen (secondary N) is 1. The molecule has 0 aliphatic heterocycles. The number of aryl methyl sites for hydroxylation is 1. The molecule has 0 saturated carbocycles. The first-order valence-electron chi connectivity index (χ1n) is 7.67. The Morgan fingerprint density at radius 2 is 1.96 bits per heavy atom. The van der Waals surface area contributed by atoms with Crippen LogP contribution in [0.15, 0.2) is 29.2 Å². The SMILES string of the molecule is CCCCC(=O)Nc1nc(C)c(Cc2ccc(S(N)(=O)=O)cc2)s1. The first-order valence-corrected chi connectivity index (χ1v) is 10.0. The van der Waals surface area contributed by atoms with E-state index in [2.05, 4.69) is 10.3 Å². The zero-order valence-corrected chi connectivity index (χ0v) is 15.3. The van der Waals surface area contributed by atoms with E-state index in [1.54, 1.807) is 12.1 Å². The van der Waals surface area contributed by atoms with Gasteiger partial charge in [-0.2, -0.15) is 0 Å². The van der Waals surface area contributed by atoms with Crippen LogP contribution in [0.5, 0.6) is 0 Å². The summed E-state index contributed by atoms with van der Waals surface area (Å²) >= 11 is 1.44. The number of anilines is 1. The van der Waals surface area contributed by atoms with Crippen molar-refractivity contribution in [2.45, 2.75) is 44.4 Å². The third kappa shape index (κ3) is 5.12. The molecule has 8 heteroatoms. The summed E-state index contributed by atoms with van der Waals surface area (Å²) < 4.78 is 22.5. The number of hydrogen-bond donors (Lipinski definition) is 2. The molecule has 2 rings (SSSR count). The molecule has 0 aliphatic rings. The number of carbonyl (C=O) groups excluding carboxylic acids is 1. The largest absolute Gasteiger partial charge is 0.302 e. The molecule has 1 heterocycles. The number of amides is 1. The second kappa shape index (κ2) is 7.87. The molecule has 0 bridgehead atoms. The van der Waals surface area contributed by atoms with Crippen molar-refractivity contribution in [2.24, 2.45) is 5.14 Å². The van der Waals surface area contributed by atoms with Crippen molar-refractivity contribution in [3.05, 3.63) is 40.4 Å². The maximum absolute atomic E-state index is 11.8. The normalized spacial score (nSPS) is 11.5. The zero-order chi connectivity index (χ0) is 17.7. The van der Waals surface area contributed by atoms with Crippen LogP contribution >= 0.6 is 11.3 Å². The number of thiazole rings is 1. The lowest BCUT2D eigenvalue weighted by atomic mass is 10.1. The van der Waals surface area contributed by atoms with Crippen LogP contribution in [0.3, 0.4) is 0 Å². The maximum Gasteiger partial charge on any atom is 0.238 e. The number of aromatic nitrogens is 1. The average Bonchev–Trinajstić information content (AvgIpc) is 2.84. The van der Waals surface area contributed by atoms with Crippen molar-refractivity contribution in [2.75, 3.05) is 5.32 Å². The van der Waals surface area contributed by atoms with E-state index < -0.39 is 10.0 Å². The Bertz CT molecular complexity index is 812. The molecule has 0 unspecified atom stereocenters. The third-order valence-corrected chi connectivity index (χ3v) is 5.52.